The van der Waals surface area contributed by atoms with Gasteiger partial charge in [0.15, 0.2) is 0 Å². The quantitative estimate of drug-likeness (QED) is 0.858. The van der Waals surface area contributed by atoms with Gasteiger partial charge in [-0.25, -0.2) is 0 Å². The molecule has 2 aliphatic rings. The van der Waals surface area contributed by atoms with E-state index in [4.69, 9.17) is 5.11 Å². The summed E-state index contributed by atoms with van der Waals surface area (Å²) in [6, 6.07) is 3.74. The molecular weight excluding hydrogens is 228 g/mol. The Hall–Kier alpha value is -1.51. The Kier molecular flexibility index (Phi) is 2.77. The molecule has 1 fully saturated rings. The van der Waals surface area contributed by atoms with Crippen molar-refractivity contribution in [3.05, 3.63) is 28.8 Å². The fraction of sp³-hybridized carbons (Fsp3) is 0.533. The lowest BCUT2D eigenvalue weighted by molar-refractivity contribution is -0.137. The Bertz CT molecular complexity index is 489. The van der Waals surface area contributed by atoms with Gasteiger partial charge in [0.25, 0.3) is 0 Å². The Balaban J connectivity index is 2.03. The van der Waals surface area contributed by atoms with E-state index in [1.807, 2.05) is 6.07 Å². The van der Waals surface area contributed by atoms with Gasteiger partial charge in [-0.05, 0) is 55.2 Å². The molecule has 3 nitrogen and oxygen atoms in total. The molecule has 0 radical (unpaired) electrons. The van der Waals surface area contributed by atoms with Gasteiger partial charge < -0.3 is 10.2 Å². The SMILES string of the molecule is O=C(O)CC(c1c(O)ccc2c1CCC2)C1CC1. The van der Waals surface area contributed by atoms with Crippen LogP contribution in [0.3, 0.4) is 0 Å². The second-order valence-electron chi connectivity index (χ2n) is 5.53. The zero-order valence-corrected chi connectivity index (χ0v) is 10.4. The van der Waals surface area contributed by atoms with E-state index in [0.717, 1.165) is 37.7 Å². The Morgan fingerprint density at radius 1 is 1.33 bits per heavy atom. The molecule has 0 aliphatic heterocycles. The molecule has 0 saturated heterocycles. The first-order chi connectivity index (χ1) is 8.66. The summed E-state index contributed by atoms with van der Waals surface area (Å²) in [5.41, 5.74) is 3.47. The number of carboxylic acid groups (broad SMARTS) is 1. The van der Waals surface area contributed by atoms with Crippen LogP contribution >= 0.6 is 0 Å². The minimum Gasteiger partial charge on any atom is -0.508 e. The van der Waals surface area contributed by atoms with Crippen LogP contribution in [0.4, 0.5) is 0 Å². The first-order valence-electron chi connectivity index (χ1n) is 6.72. The van der Waals surface area contributed by atoms with E-state index in [-0.39, 0.29) is 12.3 Å². The molecule has 0 bridgehead atoms. The Labute approximate surface area is 106 Å². The number of carbonyl (C=O) groups is 1. The van der Waals surface area contributed by atoms with Gasteiger partial charge in [0.2, 0.25) is 0 Å². The molecule has 0 heterocycles. The van der Waals surface area contributed by atoms with Crippen LogP contribution in [0.2, 0.25) is 0 Å². The fourth-order valence-corrected chi connectivity index (χ4v) is 3.29. The van der Waals surface area contributed by atoms with Crippen LogP contribution in [-0.2, 0) is 17.6 Å². The number of phenols is 1. The van der Waals surface area contributed by atoms with Crippen LogP contribution in [0.25, 0.3) is 0 Å². The number of carboxylic acids is 1. The molecule has 0 amide bonds. The van der Waals surface area contributed by atoms with E-state index in [1.165, 1.54) is 11.1 Å². The average molecular weight is 246 g/mol. The first kappa shape index (κ1) is 11.6. The number of benzene rings is 1. The molecule has 3 rings (SSSR count). The standard InChI is InChI=1S/C15H18O3/c16-13-7-6-9-2-1-3-11(9)15(13)12(8-14(17)18)10-4-5-10/h6-7,10,12,16H,1-5,8H2,(H,17,18). The zero-order valence-electron chi connectivity index (χ0n) is 10.4. The van der Waals surface area contributed by atoms with Gasteiger partial charge in [0.05, 0.1) is 6.42 Å². The fourth-order valence-electron chi connectivity index (χ4n) is 3.29. The molecule has 1 aromatic rings. The van der Waals surface area contributed by atoms with E-state index >= 15 is 0 Å². The summed E-state index contributed by atoms with van der Waals surface area (Å²) in [6.45, 7) is 0. The minimum absolute atomic E-state index is 0.00977. The van der Waals surface area contributed by atoms with Crippen molar-refractivity contribution in [1.82, 2.24) is 0 Å². The third-order valence-electron chi connectivity index (χ3n) is 4.26. The third-order valence-corrected chi connectivity index (χ3v) is 4.26. The van der Waals surface area contributed by atoms with Crippen molar-refractivity contribution in [3.8, 4) is 5.75 Å². The molecule has 2 aliphatic carbocycles. The van der Waals surface area contributed by atoms with Crippen LogP contribution in [0.5, 0.6) is 5.75 Å². The maximum absolute atomic E-state index is 11.0. The van der Waals surface area contributed by atoms with Crippen LogP contribution in [-0.4, -0.2) is 16.2 Å². The van der Waals surface area contributed by atoms with Crippen molar-refractivity contribution in [2.24, 2.45) is 5.92 Å². The van der Waals surface area contributed by atoms with Crippen molar-refractivity contribution in [1.29, 1.82) is 0 Å². The maximum atomic E-state index is 11.0. The molecule has 96 valence electrons. The number of fused-ring (bicyclic) bond motifs is 1. The van der Waals surface area contributed by atoms with Crippen molar-refractivity contribution < 1.29 is 15.0 Å². The molecule has 1 saturated carbocycles. The van der Waals surface area contributed by atoms with E-state index in [1.54, 1.807) is 6.07 Å². The summed E-state index contributed by atoms with van der Waals surface area (Å²) in [7, 11) is 0. The van der Waals surface area contributed by atoms with E-state index in [0.29, 0.717) is 11.7 Å². The molecule has 0 aromatic heterocycles. The van der Waals surface area contributed by atoms with Gasteiger partial charge in [0.1, 0.15) is 5.75 Å². The van der Waals surface area contributed by atoms with Crippen molar-refractivity contribution in [2.75, 3.05) is 0 Å². The lowest BCUT2D eigenvalue weighted by atomic mass is 9.85. The topological polar surface area (TPSA) is 57.5 Å². The monoisotopic (exact) mass is 246 g/mol. The molecule has 1 unspecified atom stereocenters. The normalized spacial score (nSPS) is 19.6. The third kappa shape index (κ3) is 1.98. The van der Waals surface area contributed by atoms with Crippen LogP contribution < -0.4 is 0 Å². The lowest BCUT2D eigenvalue weighted by Gasteiger charge is -2.20. The summed E-state index contributed by atoms with van der Waals surface area (Å²) < 4.78 is 0. The maximum Gasteiger partial charge on any atom is 0.303 e. The molecule has 1 atom stereocenters. The summed E-state index contributed by atoms with van der Waals surface area (Å²) in [6.07, 6.45) is 5.52. The second kappa shape index (κ2) is 4.30. The predicted molar refractivity (Wildman–Crippen MR) is 67.8 cm³/mol. The van der Waals surface area contributed by atoms with Gasteiger partial charge in [-0.1, -0.05) is 6.07 Å². The minimum atomic E-state index is -0.762. The van der Waals surface area contributed by atoms with Gasteiger partial charge in [-0.2, -0.15) is 0 Å². The number of hydrogen-bond donors (Lipinski definition) is 2. The number of rotatable bonds is 4. The first-order valence-corrected chi connectivity index (χ1v) is 6.72. The van der Waals surface area contributed by atoms with Crippen LogP contribution in [0.15, 0.2) is 12.1 Å². The molecule has 2 N–H and O–H groups in total. The highest BCUT2D eigenvalue weighted by molar-refractivity contribution is 5.69. The highest BCUT2D eigenvalue weighted by atomic mass is 16.4. The molecule has 1 aromatic carbocycles. The molecule has 3 heteroatoms. The number of hydrogen-bond acceptors (Lipinski definition) is 2. The van der Waals surface area contributed by atoms with Gasteiger partial charge >= 0.3 is 5.97 Å². The largest absolute Gasteiger partial charge is 0.508 e. The van der Waals surface area contributed by atoms with Gasteiger partial charge in [-0.15, -0.1) is 0 Å². The van der Waals surface area contributed by atoms with E-state index in [9.17, 15) is 9.90 Å². The van der Waals surface area contributed by atoms with E-state index in [2.05, 4.69) is 0 Å². The highest BCUT2D eigenvalue weighted by Gasteiger charge is 2.37. The second-order valence-corrected chi connectivity index (χ2v) is 5.53. The smallest absolute Gasteiger partial charge is 0.303 e. The Morgan fingerprint density at radius 2 is 2.11 bits per heavy atom. The molecular formula is C15H18O3. The van der Waals surface area contributed by atoms with Crippen LogP contribution in [0, 0.1) is 5.92 Å². The van der Waals surface area contributed by atoms with Crippen LogP contribution in [0.1, 0.15) is 48.3 Å². The summed E-state index contributed by atoms with van der Waals surface area (Å²) >= 11 is 0. The number of aryl methyl sites for hydroxylation is 1. The summed E-state index contributed by atoms with van der Waals surface area (Å²) in [5, 5.41) is 19.2. The highest BCUT2D eigenvalue weighted by Crippen LogP contribution is 2.49. The lowest BCUT2D eigenvalue weighted by Crippen LogP contribution is -2.11. The number of phenolic OH excluding ortho intramolecular Hbond substituents is 1. The summed E-state index contributed by atoms with van der Waals surface area (Å²) in [5.74, 6) is 0.00495. The number of aromatic hydroxyl groups is 1. The van der Waals surface area contributed by atoms with Gasteiger partial charge in [0, 0.05) is 11.5 Å². The van der Waals surface area contributed by atoms with Crippen molar-refractivity contribution in [3.63, 3.8) is 0 Å². The van der Waals surface area contributed by atoms with Gasteiger partial charge in [-0.3, -0.25) is 4.79 Å². The molecule has 0 spiro atoms. The summed E-state index contributed by atoms with van der Waals surface area (Å²) in [4.78, 5) is 11.0. The predicted octanol–water partition coefficient (Wildman–Crippen LogP) is 2.85. The van der Waals surface area contributed by atoms with Crippen molar-refractivity contribution >= 4 is 5.97 Å². The molecule has 18 heavy (non-hydrogen) atoms. The van der Waals surface area contributed by atoms with Crippen molar-refractivity contribution in [2.45, 2.75) is 44.4 Å². The number of aliphatic carboxylic acids is 1. The zero-order chi connectivity index (χ0) is 12.7. The van der Waals surface area contributed by atoms with E-state index < -0.39 is 5.97 Å². The Morgan fingerprint density at radius 3 is 2.78 bits per heavy atom. The average Bonchev–Trinajstić information content (AvgIpc) is 3.05.